The van der Waals surface area contributed by atoms with Crippen LogP contribution in [0, 0.1) is 6.92 Å². The minimum Gasteiger partial charge on any atom is -0.496 e. The van der Waals surface area contributed by atoms with Crippen LogP contribution < -0.4 is 16.2 Å². The van der Waals surface area contributed by atoms with Crippen molar-refractivity contribution >= 4 is 33.0 Å². The second kappa shape index (κ2) is 4.68. The largest absolute Gasteiger partial charge is 0.496 e. The van der Waals surface area contributed by atoms with Gasteiger partial charge in [-0.3, -0.25) is 0 Å². The summed E-state index contributed by atoms with van der Waals surface area (Å²) in [7, 11) is 1.66. The summed E-state index contributed by atoms with van der Waals surface area (Å²) in [5, 5.41) is 1.01. The Morgan fingerprint density at radius 3 is 2.60 bits per heavy atom. The van der Waals surface area contributed by atoms with Crippen LogP contribution in [0.15, 0.2) is 30.3 Å². The minimum atomic E-state index is 0.575. The van der Waals surface area contributed by atoms with Gasteiger partial charge in [0.15, 0.2) is 0 Å². The minimum absolute atomic E-state index is 0.575. The number of anilines is 2. The first-order valence-corrected chi connectivity index (χ1v) is 6.97. The molecule has 1 aromatic heterocycles. The van der Waals surface area contributed by atoms with Crippen molar-refractivity contribution in [1.82, 2.24) is 4.37 Å². The van der Waals surface area contributed by atoms with E-state index in [-0.39, 0.29) is 0 Å². The molecule has 102 valence electrons. The van der Waals surface area contributed by atoms with Gasteiger partial charge in [0.1, 0.15) is 5.75 Å². The Kier molecular flexibility index (Phi) is 2.99. The van der Waals surface area contributed by atoms with Crippen LogP contribution in [0.2, 0.25) is 0 Å². The summed E-state index contributed by atoms with van der Waals surface area (Å²) in [5.74, 6) is 0.804. The zero-order valence-corrected chi connectivity index (χ0v) is 12.1. The first-order valence-electron chi connectivity index (χ1n) is 6.19. The standard InChI is InChI=1S/C15H15N3OS/c1-8-3-4-13(19-2)9(5-8)15-10-6-11(16)12(17)7-14(10)20-18-15/h3-7H,16-17H2,1-2H3. The van der Waals surface area contributed by atoms with Crippen LogP contribution >= 0.6 is 11.5 Å². The van der Waals surface area contributed by atoms with Crippen molar-refractivity contribution in [3.63, 3.8) is 0 Å². The summed E-state index contributed by atoms with van der Waals surface area (Å²) in [6, 6.07) is 9.79. The van der Waals surface area contributed by atoms with Crippen molar-refractivity contribution in [3.8, 4) is 17.0 Å². The number of nitrogens with zero attached hydrogens (tertiary/aromatic N) is 1. The van der Waals surface area contributed by atoms with Gasteiger partial charge >= 0.3 is 0 Å². The van der Waals surface area contributed by atoms with Crippen LogP contribution in [-0.4, -0.2) is 11.5 Å². The maximum atomic E-state index is 5.91. The molecule has 0 bridgehead atoms. The molecule has 4 N–H and O–H groups in total. The van der Waals surface area contributed by atoms with Crippen LogP contribution in [0.3, 0.4) is 0 Å². The van der Waals surface area contributed by atoms with Gasteiger partial charge in [-0.2, -0.15) is 4.37 Å². The van der Waals surface area contributed by atoms with Crippen LogP contribution in [0.25, 0.3) is 21.3 Å². The summed E-state index contributed by atoms with van der Waals surface area (Å²) in [6.45, 7) is 2.05. The van der Waals surface area contributed by atoms with E-state index in [9.17, 15) is 0 Å². The molecule has 0 amide bonds. The molecular formula is C15H15N3OS. The Morgan fingerprint density at radius 1 is 1.10 bits per heavy atom. The Hall–Kier alpha value is -2.27. The maximum absolute atomic E-state index is 5.91. The zero-order chi connectivity index (χ0) is 14.3. The Morgan fingerprint density at radius 2 is 1.85 bits per heavy atom. The topological polar surface area (TPSA) is 74.2 Å². The molecule has 0 aliphatic carbocycles. The molecule has 0 atom stereocenters. The van der Waals surface area contributed by atoms with Gasteiger partial charge in [0, 0.05) is 10.9 Å². The lowest BCUT2D eigenvalue weighted by molar-refractivity contribution is 0.416. The number of hydrogen-bond donors (Lipinski definition) is 2. The molecule has 3 aromatic rings. The number of aryl methyl sites for hydroxylation is 1. The van der Waals surface area contributed by atoms with Crippen molar-refractivity contribution in [3.05, 3.63) is 35.9 Å². The average Bonchev–Trinajstić information content (AvgIpc) is 2.82. The zero-order valence-electron chi connectivity index (χ0n) is 11.3. The van der Waals surface area contributed by atoms with Gasteiger partial charge in [-0.15, -0.1) is 0 Å². The predicted octanol–water partition coefficient (Wildman–Crippen LogP) is 3.44. The number of aromatic nitrogens is 1. The number of methoxy groups -OCH3 is 1. The van der Waals surface area contributed by atoms with Gasteiger partial charge < -0.3 is 16.2 Å². The highest BCUT2D eigenvalue weighted by Gasteiger charge is 2.14. The van der Waals surface area contributed by atoms with Crippen LogP contribution in [0.5, 0.6) is 5.75 Å². The van der Waals surface area contributed by atoms with Gasteiger partial charge in [0.05, 0.1) is 28.9 Å². The third kappa shape index (κ3) is 1.96. The maximum Gasteiger partial charge on any atom is 0.128 e. The van der Waals surface area contributed by atoms with E-state index in [0.29, 0.717) is 11.4 Å². The fourth-order valence-electron chi connectivity index (χ4n) is 2.22. The quantitative estimate of drug-likeness (QED) is 0.707. The van der Waals surface area contributed by atoms with Crippen molar-refractivity contribution in [2.75, 3.05) is 18.6 Å². The number of rotatable bonds is 2. The second-order valence-electron chi connectivity index (χ2n) is 4.71. The summed E-state index contributed by atoms with van der Waals surface area (Å²) in [4.78, 5) is 0. The number of benzene rings is 2. The van der Waals surface area contributed by atoms with Gasteiger partial charge in [0.25, 0.3) is 0 Å². The van der Waals surface area contributed by atoms with Gasteiger partial charge in [-0.25, -0.2) is 0 Å². The highest BCUT2D eigenvalue weighted by Crippen LogP contribution is 2.38. The molecule has 0 unspecified atom stereocenters. The van der Waals surface area contributed by atoms with E-state index in [4.69, 9.17) is 16.2 Å². The number of hydrogen-bond acceptors (Lipinski definition) is 5. The molecule has 1 heterocycles. The molecule has 0 fully saturated rings. The van der Waals surface area contributed by atoms with Crippen molar-refractivity contribution in [2.45, 2.75) is 6.92 Å². The van der Waals surface area contributed by atoms with Crippen LogP contribution in [0.4, 0.5) is 11.4 Å². The van der Waals surface area contributed by atoms with E-state index in [2.05, 4.69) is 10.4 Å². The van der Waals surface area contributed by atoms with E-state index in [1.165, 1.54) is 11.5 Å². The van der Waals surface area contributed by atoms with Crippen LogP contribution in [-0.2, 0) is 0 Å². The highest BCUT2D eigenvalue weighted by molar-refractivity contribution is 7.13. The Labute approximate surface area is 121 Å². The van der Waals surface area contributed by atoms with Crippen LogP contribution in [0.1, 0.15) is 5.56 Å². The molecule has 2 aromatic carbocycles. The summed E-state index contributed by atoms with van der Waals surface area (Å²) in [5.41, 5.74) is 15.9. The SMILES string of the molecule is COc1ccc(C)cc1-c1nsc2cc(N)c(N)cc12. The summed E-state index contributed by atoms with van der Waals surface area (Å²) >= 11 is 1.42. The molecule has 20 heavy (non-hydrogen) atoms. The molecule has 0 aliphatic rings. The molecule has 0 aliphatic heterocycles. The first-order chi connectivity index (χ1) is 9.60. The van der Waals surface area contributed by atoms with Crippen molar-refractivity contribution in [1.29, 1.82) is 0 Å². The summed E-state index contributed by atoms with van der Waals surface area (Å²) < 4.78 is 11.0. The van der Waals surface area contributed by atoms with E-state index in [1.807, 2.05) is 31.2 Å². The van der Waals surface area contributed by atoms with E-state index >= 15 is 0 Å². The normalized spacial score (nSPS) is 10.9. The van der Waals surface area contributed by atoms with Crippen molar-refractivity contribution in [2.24, 2.45) is 0 Å². The Balaban J connectivity index is 2.30. The van der Waals surface area contributed by atoms with Gasteiger partial charge in [0.2, 0.25) is 0 Å². The molecule has 0 radical (unpaired) electrons. The molecule has 3 rings (SSSR count). The Bertz CT molecular complexity index is 795. The lowest BCUT2D eigenvalue weighted by atomic mass is 10.0. The predicted molar refractivity (Wildman–Crippen MR) is 85.2 cm³/mol. The number of nitrogens with two attached hydrogens (primary N) is 2. The van der Waals surface area contributed by atoms with E-state index in [0.717, 1.165) is 32.7 Å². The molecule has 0 saturated carbocycles. The second-order valence-corrected chi connectivity index (χ2v) is 5.52. The fourth-order valence-corrected chi connectivity index (χ4v) is 3.04. The van der Waals surface area contributed by atoms with E-state index in [1.54, 1.807) is 7.11 Å². The molecule has 4 nitrogen and oxygen atoms in total. The third-order valence-corrected chi connectivity index (χ3v) is 4.09. The van der Waals surface area contributed by atoms with E-state index < -0.39 is 0 Å². The van der Waals surface area contributed by atoms with Crippen molar-refractivity contribution < 1.29 is 4.74 Å². The first kappa shape index (κ1) is 12.7. The number of fused-ring (bicyclic) bond motifs is 1. The third-order valence-electron chi connectivity index (χ3n) is 3.29. The lowest BCUT2D eigenvalue weighted by Crippen LogP contribution is -1.94. The fraction of sp³-hybridized carbons (Fsp3) is 0.133. The number of nitrogen functional groups attached to an aromatic ring is 2. The molecule has 0 saturated heterocycles. The highest BCUT2D eigenvalue weighted by atomic mass is 32.1. The molecular weight excluding hydrogens is 270 g/mol. The monoisotopic (exact) mass is 285 g/mol. The van der Waals surface area contributed by atoms with Gasteiger partial charge in [-0.1, -0.05) is 11.6 Å². The summed E-state index contributed by atoms with van der Waals surface area (Å²) in [6.07, 6.45) is 0. The molecule has 0 spiro atoms. The average molecular weight is 285 g/mol. The smallest absolute Gasteiger partial charge is 0.128 e. The lowest BCUT2D eigenvalue weighted by Gasteiger charge is -2.08. The van der Waals surface area contributed by atoms with Gasteiger partial charge in [-0.05, 0) is 42.7 Å². The number of ether oxygens (including phenoxy) is 1. The molecule has 5 heteroatoms.